The molecular formula is C19H16N4OS. The summed E-state index contributed by atoms with van der Waals surface area (Å²) in [6.07, 6.45) is 2.46. The second kappa shape index (κ2) is 6.86. The molecule has 4 rings (SSSR count). The van der Waals surface area contributed by atoms with Gasteiger partial charge >= 0.3 is 0 Å². The zero-order chi connectivity index (χ0) is 17.1. The van der Waals surface area contributed by atoms with Crippen LogP contribution >= 0.6 is 11.3 Å². The number of carbonyl (C=O) groups excluding carboxylic acids is 1. The van der Waals surface area contributed by atoms with Crippen LogP contribution in [-0.4, -0.2) is 27.4 Å². The maximum absolute atomic E-state index is 12.3. The number of amides is 1. The Morgan fingerprint density at radius 3 is 2.84 bits per heavy atom. The van der Waals surface area contributed by atoms with Crippen molar-refractivity contribution in [3.05, 3.63) is 70.8 Å². The molecule has 0 saturated carbocycles. The van der Waals surface area contributed by atoms with E-state index in [-0.39, 0.29) is 5.91 Å². The Morgan fingerprint density at radius 1 is 1.12 bits per heavy atom. The van der Waals surface area contributed by atoms with E-state index in [1.165, 1.54) is 0 Å². The number of aromatic nitrogens is 3. The van der Waals surface area contributed by atoms with Crippen molar-refractivity contribution in [3.8, 4) is 11.4 Å². The summed E-state index contributed by atoms with van der Waals surface area (Å²) in [6.45, 7) is 0.545. The third-order valence-electron chi connectivity index (χ3n) is 3.88. The second-order valence-electron chi connectivity index (χ2n) is 5.62. The van der Waals surface area contributed by atoms with E-state index in [2.05, 4.69) is 20.3 Å². The number of nitrogens with zero attached hydrogens (tertiary/aromatic N) is 2. The van der Waals surface area contributed by atoms with Crippen LogP contribution in [0.1, 0.15) is 15.5 Å². The van der Waals surface area contributed by atoms with Crippen molar-refractivity contribution in [2.24, 2.45) is 0 Å². The zero-order valence-corrected chi connectivity index (χ0v) is 14.2. The molecule has 25 heavy (non-hydrogen) atoms. The summed E-state index contributed by atoms with van der Waals surface area (Å²) in [5.74, 6) is -0.0993. The maximum atomic E-state index is 12.3. The molecule has 1 aromatic carbocycles. The molecule has 0 unspecified atom stereocenters. The van der Waals surface area contributed by atoms with Gasteiger partial charge in [-0.05, 0) is 24.3 Å². The highest BCUT2D eigenvalue weighted by Gasteiger charge is 2.10. The van der Waals surface area contributed by atoms with Crippen molar-refractivity contribution in [2.45, 2.75) is 6.42 Å². The SMILES string of the molecule is O=C(NCCc1nc(-c2ccccn2)cs1)c1cc2ccccc2[nH]1. The first-order valence-electron chi connectivity index (χ1n) is 8.01. The van der Waals surface area contributed by atoms with Crippen LogP contribution in [0.2, 0.25) is 0 Å². The highest BCUT2D eigenvalue weighted by molar-refractivity contribution is 7.09. The minimum atomic E-state index is -0.0993. The number of H-pyrrole nitrogens is 1. The van der Waals surface area contributed by atoms with Crippen LogP contribution in [0.3, 0.4) is 0 Å². The average molecular weight is 348 g/mol. The average Bonchev–Trinajstić information content (AvgIpc) is 3.29. The minimum Gasteiger partial charge on any atom is -0.351 e. The van der Waals surface area contributed by atoms with Crippen molar-refractivity contribution >= 4 is 28.1 Å². The lowest BCUT2D eigenvalue weighted by atomic mass is 10.2. The molecule has 0 spiro atoms. The number of rotatable bonds is 5. The van der Waals surface area contributed by atoms with Gasteiger partial charge in [-0.15, -0.1) is 11.3 Å². The van der Waals surface area contributed by atoms with Gasteiger partial charge in [-0.1, -0.05) is 24.3 Å². The molecule has 5 nitrogen and oxygen atoms in total. The molecule has 0 fully saturated rings. The molecule has 1 amide bonds. The molecule has 0 radical (unpaired) electrons. The van der Waals surface area contributed by atoms with E-state index in [9.17, 15) is 4.79 Å². The highest BCUT2D eigenvalue weighted by atomic mass is 32.1. The Hall–Kier alpha value is -2.99. The number of hydrogen-bond donors (Lipinski definition) is 2. The Morgan fingerprint density at radius 2 is 2.00 bits per heavy atom. The van der Waals surface area contributed by atoms with E-state index >= 15 is 0 Å². The first-order chi connectivity index (χ1) is 12.3. The monoisotopic (exact) mass is 348 g/mol. The quantitative estimate of drug-likeness (QED) is 0.578. The molecule has 0 atom stereocenters. The number of thiazole rings is 1. The fourth-order valence-electron chi connectivity index (χ4n) is 2.63. The summed E-state index contributed by atoms with van der Waals surface area (Å²) in [4.78, 5) is 24.3. The van der Waals surface area contributed by atoms with Crippen molar-refractivity contribution in [2.75, 3.05) is 6.54 Å². The number of pyridine rings is 1. The number of aromatic amines is 1. The van der Waals surface area contributed by atoms with E-state index < -0.39 is 0 Å². The fraction of sp³-hybridized carbons (Fsp3) is 0.105. The van der Waals surface area contributed by atoms with Gasteiger partial charge in [-0.2, -0.15) is 0 Å². The van der Waals surface area contributed by atoms with Gasteiger partial charge in [0.1, 0.15) is 5.69 Å². The molecule has 3 heterocycles. The topological polar surface area (TPSA) is 70.7 Å². The van der Waals surface area contributed by atoms with Gasteiger partial charge in [0, 0.05) is 35.4 Å². The summed E-state index contributed by atoms with van der Waals surface area (Å²) >= 11 is 1.59. The second-order valence-corrected chi connectivity index (χ2v) is 6.56. The standard InChI is InChI=1S/C19H16N4OS/c24-19(16-11-13-5-1-2-6-14(13)22-16)21-10-8-18-23-17(12-25-18)15-7-3-4-9-20-15/h1-7,9,11-12,22H,8,10H2,(H,21,24). The first-order valence-corrected chi connectivity index (χ1v) is 8.89. The van der Waals surface area contributed by atoms with Gasteiger partial charge in [-0.25, -0.2) is 4.98 Å². The molecule has 0 bridgehead atoms. The van der Waals surface area contributed by atoms with Crippen LogP contribution < -0.4 is 5.32 Å². The van der Waals surface area contributed by atoms with E-state index in [1.54, 1.807) is 17.5 Å². The van der Waals surface area contributed by atoms with Crippen LogP contribution in [0, 0.1) is 0 Å². The Balaban J connectivity index is 1.36. The molecule has 0 aliphatic rings. The molecule has 2 N–H and O–H groups in total. The zero-order valence-electron chi connectivity index (χ0n) is 13.4. The Labute approximate surface area is 148 Å². The molecule has 0 saturated heterocycles. The fourth-order valence-corrected chi connectivity index (χ4v) is 3.42. The number of carbonyl (C=O) groups is 1. The van der Waals surface area contributed by atoms with E-state index in [0.717, 1.165) is 27.3 Å². The number of fused-ring (bicyclic) bond motifs is 1. The lowest BCUT2D eigenvalue weighted by Crippen LogP contribution is -2.25. The predicted octanol–water partition coefficient (Wildman–Crippen LogP) is 3.66. The number of hydrogen-bond acceptors (Lipinski definition) is 4. The summed E-state index contributed by atoms with van der Waals surface area (Å²) in [6, 6.07) is 15.5. The highest BCUT2D eigenvalue weighted by Crippen LogP contribution is 2.20. The van der Waals surface area contributed by atoms with Gasteiger partial charge in [-0.3, -0.25) is 9.78 Å². The van der Waals surface area contributed by atoms with Gasteiger partial charge in [0.2, 0.25) is 0 Å². The van der Waals surface area contributed by atoms with Crippen LogP contribution in [-0.2, 0) is 6.42 Å². The molecule has 124 valence electrons. The normalized spacial score (nSPS) is 10.9. The summed E-state index contributed by atoms with van der Waals surface area (Å²) in [5.41, 5.74) is 3.29. The lowest BCUT2D eigenvalue weighted by Gasteiger charge is -2.01. The van der Waals surface area contributed by atoms with Gasteiger partial charge in [0.15, 0.2) is 0 Å². The predicted molar refractivity (Wildman–Crippen MR) is 99.7 cm³/mol. The maximum Gasteiger partial charge on any atom is 0.267 e. The van der Waals surface area contributed by atoms with Crippen molar-refractivity contribution in [1.82, 2.24) is 20.3 Å². The van der Waals surface area contributed by atoms with Crippen LogP contribution in [0.15, 0.2) is 60.1 Å². The van der Waals surface area contributed by atoms with Crippen LogP contribution in [0.5, 0.6) is 0 Å². The molecule has 0 aliphatic heterocycles. The van der Waals surface area contributed by atoms with Crippen molar-refractivity contribution in [1.29, 1.82) is 0 Å². The summed E-state index contributed by atoms with van der Waals surface area (Å²) in [5, 5.41) is 6.95. The number of nitrogens with one attached hydrogen (secondary N) is 2. The van der Waals surface area contributed by atoms with E-state index in [4.69, 9.17) is 0 Å². The smallest absolute Gasteiger partial charge is 0.267 e. The van der Waals surface area contributed by atoms with E-state index in [1.807, 2.05) is 53.9 Å². The summed E-state index contributed by atoms with van der Waals surface area (Å²) < 4.78 is 0. The largest absolute Gasteiger partial charge is 0.351 e. The third kappa shape index (κ3) is 3.44. The number of para-hydroxylation sites is 1. The van der Waals surface area contributed by atoms with Crippen molar-refractivity contribution < 1.29 is 4.79 Å². The Kier molecular flexibility index (Phi) is 4.26. The van der Waals surface area contributed by atoms with E-state index in [0.29, 0.717) is 18.7 Å². The van der Waals surface area contributed by atoms with Gasteiger partial charge in [0.25, 0.3) is 5.91 Å². The first kappa shape index (κ1) is 15.5. The lowest BCUT2D eigenvalue weighted by molar-refractivity contribution is 0.0950. The van der Waals surface area contributed by atoms with Crippen LogP contribution in [0.4, 0.5) is 0 Å². The third-order valence-corrected chi connectivity index (χ3v) is 4.79. The summed E-state index contributed by atoms with van der Waals surface area (Å²) in [7, 11) is 0. The van der Waals surface area contributed by atoms with Gasteiger partial charge in [0.05, 0.1) is 16.4 Å². The molecule has 6 heteroatoms. The number of benzene rings is 1. The molecule has 3 aromatic heterocycles. The molecule has 4 aromatic rings. The minimum absolute atomic E-state index is 0.0993. The van der Waals surface area contributed by atoms with Crippen molar-refractivity contribution in [3.63, 3.8) is 0 Å². The Bertz CT molecular complexity index is 973. The molecule has 0 aliphatic carbocycles. The van der Waals surface area contributed by atoms with Gasteiger partial charge < -0.3 is 10.3 Å². The van der Waals surface area contributed by atoms with Crippen LogP contribution in [0.25, 0.3) is 22.3 Å². The molecular weight excluding hydrogens is 332 g/mol.